The van der Waals surface area contributed by atoms with E-state index in [9.17, 15) is 9.18 Å². The van der Waals surface area contributed by atoms with Gasteiger partial charge in [0.2, 0.25) is 5.91 Å². The number of benzene rings is 1. The maximum Gasteiger partial charge on any atom is 0.221 e. The van der Waals surface area contributed by atoms with Crippen LogP contribution in [0, 0.1) is 5.82 Å². The summed E-state index contributed by atoms with van der Waals surface area (Å²) in [5, 5.41) is 3.03. The van der Waals surface area contributed by atoms with Crippen molar-refractivity contribution in [2.75, 3.05) is 6.61 Å². The summed E-state index contributed by atoms with van der Waals surface area (Å²) in [5.41, 5.74) is 0.865. The molecule has 1 N–H and O–H groups in total. The van der Waals surface area contributed by atoms with E-state index in [1.54, 1.807) is 24.5 Å². The number of carbonyl (C=O) groups is 1. The summed E-state index contributed by atoms with van der Waals surface area (Å²) in [6.07, 6.45) is 4.30. The van der Waals surface area contributed by atoms with Gasteiger partial charge in [-0.15, -0.1) is 0 Å². The van der Waals surface area contributed by atoms with Crippen LogP contribution in [0.2, 0.25) is 0 Å². The van der Waals surface area contributed by atoms with Crippen molar-refractivity contribution >= 4 is 5.91 Å². The Morgan fingerprint density at radius 1 is 1.30 bits per heavy atom. The number of ether oxygens (including phenoxy) is 1. The number of hydrogen-bond acceptors (Lipinski definition) is 3. The topological polar surface area (TPSA) is 51.5 Å². The quantitative estimate of drug-likeness (QED) is 0.888. The number of nitrogens with one attached hydrogen (secondary N) is 1. The Bertz CT molecular complexity index is 618. The molecule has 1 aliphatic heterocycles. The summed E-state index contributed by atoms with van der Waals surface area (Å²) in [7, 11) is 0. The van der Waals surface area contributed by atoms with Crippen LogP contribution in [-0.4, -0.2) is 18.6 Å². The van der Waals surface area contributed by atoms with Crippen molar-refractivity contribution in [3.63, 3.8) is 0 Å². The maximum absolute atomic E-state index is 13.1. The molecule has 0 aliphatic carbocycles. The smallest absolute Gasteiger partial charge is 0.221 e. The number of aryl methyl sites for hydroxylation is 1. The van der Waals surface area contributed by atoms with Gasteiger partial charge in [0.25, 0.3) is 0 Å². The minimum Gasteiger partial charge on any atom is -0.469 e. The molecule has 0 bridgehead atoms. The third-order valence-electron chi connectivity index (χ3n) is 4.06. The minimum absolute atomic E-state index is 0.0620. The van der Waals surface area contributed by atoms with Gasteiger partial charge < -0.3 is 14.5 Å². The fraction of sp³-hybridized carbons (Fsp3) is 0.389. The van der Waals surface area contributed by atoms with E-state index in [1.807, 2.05) is 6.07 Å². The Balaban J connectivity index is 1.65. The van der Waals surface area contributed by atoms with Crippen LogP contribution in [0.5, 0.6) is 0 Å². The lowest BCUT2D eigenvalue weighted by Crippen LogP contribution is -2.36. The molecule has 1 saturated heterocycles. The molecule has 1 aromatic heterocycles. The fourth-order valence-corrected chi connectivity index (χ4v) is 2.86. The lowest BCUT2D eigenvalue weighted by atomic mass is 9.99. The number of amides is 1. The van der Waals surface area contributed by atoms with Crippen LogP contribution in [0.25, 0.3) is 0 Å². The number of carbonyl (C=O) groups excluding carboxylic acids is 1. The Morgan fingerprint density at radius 2 is 2.13 bits per heavy atom. The first-order chi connectivity index (χ1) is 11.2. The second-order valence-electron chi connectivity index (χ2n) is 5.73. The monoisotopic (exact) mass is 317 g/mol. The van der Waals surface area contributed by atoms with E-state index in [4.69, 9.17) is 9.15 Å². The SMILES string of the molecule is O=C(CCc1ccco1)N[C@@H](c1ccc(F)cc1)[C@H]1CCCO1. The highest BCUT2D eigenvalue weighted by Crippen LogP contribution is 2.27. The largest absolute Gasteiger partial charge is 0.469 e. The lowest BCUT2D eigenvalue weighted by Gasteiger charge is -2.24. The molecule has 5 heteroatoms. The summed E-state index contributed by atoms with van der Waals surface area (Å²) in [6, 6.07) is 9.63. The van der Waals surface area contributed by atoms with Gasteiger partial charge in [-0.1, -0.05) is 12.1 Å². The number of hydrogen-bond donors (Lipinski definition) is 1. The van der Waals surface area contributed by atoms with Gasteiger partial charge in [-0.2, -0.15) is 0 Å². The maximum atomic E-state index is 13.1. The normalized spacial score (nSPS) is 18.7. The Hall–Kier alpha value is -2.14. The van der Waals surface area contributed by atoms with Crippen molar-refractivity contribution in [1.82, 2.24) is 5.32 Å². The zero-order chi connectivity index (χ0) is 16.1. The number of halogens is 1. The van der Waals surface area contributed by atoms with E-state index < -0.39 is 0 Å². The molecule has 2 atom stereocenters. The first-order valence-corrected chi connectivity index (χ1v) is 7.91. The van der Waals surface area contributed by atoms with Crippen molar-refractivity contribution in [1.29, 1.82) is 0 Å². The summed E-state index contributed by atoms with van der Waals surface area (Å²) in [4.78, 5) is 12.3. The molecule has 1 amide bonds. The van der Waals surface area contributed by atoms with Crippen molar-refractivity contribution in [2.24, 2.45) is 0 Å². The molecule has 0 radical (unpaired) electrons. The molecule has 0 spiro atoms. The van der Waals surface area contributed by atoms with E-state index in [0.717, 1.165) is 24.2 Å². The molecule has 2 aromatic rings. The minimum atomic E-state index is -0.288. The van der Waals surface area contributed by atoms with Gasteiger partial charge in [-0.3, -0.25) is 4.79 Å². The molecule has 1 aromatic carbocycles. The average Bonchev–Trinajstić information content (AvgIpc) is 3.25. The van der Waals surface area contributed by atoms with Gasteiger partial charge in [0.1, 0.15) is 11.6 Å². The summed E-state index contributed by atoms with van der Waals surface area (Å²) < 4.78 is 24.1. The van der Waals surface area contributed by atoms with E-state index in [2.05, 4.69) is 5.32 Å². The summed E-state index contributed by atoms with van der Waals surface area (Å²) in [6.45, 7) is 0.699. The van der Waals surface area contributed by atoms with Crippen molar-refractivity contribution in [2.45, 2.75) is 37.8 Å². The molecule has 1 aliphatic rings. The van der Waals surface area contributed by atoms with E-state index >= 15 is 0 Å². The highest BCUT2D eigenvalue weighted by atomic mass is 19.1. The standard InChI is InChI=1S/C18H20FNO3/c19-14-7-5-13(6-8-14)18(16-4-2-12-23-16)20-17(21)10-9-15-3-1-11-22-15/h1,3,5-8,11,16,18H,2,4,9-10,12H2,(H,20,21)/t16-,18+/m1/s1. The lowest BCUT2D eigenvalue weighted by molar-refractivity contribution is -0.122. The second-order valence-corrected chi connectivity index (χ2v) is 5.73. The van der Waals surface area contributed by atoms with E-state index in [0.29, 0.717) is 19.4 Å². The Labute approximate surface area is 134 Å². The van der Waals surface area contributed by atoms with Crippen LogP contribution >= 0.6 is 0 Å². The fourth-order valence-electron chi connectivity index (χ4n) is 2.86. The zero-order valence-corrected chi connectivity index (χ0v) is 12.8. The van der Waals surface area contributed by atoms with Crippen molar-refractivity contribution in [3.8, 4) is 0 Å². The van der Waals surface area contributed by atoms with Crippen LogP contribution in [0.3, 0.4) is 0 Å². The number of furan rings is 1. The molecule has 122 valence electrons. The second kappa shape index (κ2) is 7.42. The van der Waals surface area contributed by atoms with E-state index in [1.165, 1.54) is 12.1 Å². The van der Waals surface area contributed by atoms with Crippen molar-refractivity contribution < 1.29 is 18.3 Å². The average molecular weight is 317 g/mol. The van der Waals surface area contributed by atoms with E-state index in [-0.39, 0.29) is 23.9 Å². The number of rotatable bonds is 6. The molecule has 0 unspecified atom stereocenters. The highest BCUT2D eigenvalue weighted by Gasteiger charge is 2.28. The summed E-state index contributed by atoms with van der Waals surface area (Å²) in [5.74, 6) is 0.436. The van der Waals surface area contributed by atoms with Crippen LogP contribution < -0.4 is 5.32 Å². The van der Waals surface area contributed by atoms with Crippen LogP contribution in [0.15, 0.2) is 47.1 Å². The van der Waals surface area contributed by atoms with Gasteiger partial charge >= 0.3 is 0 Å². The molecule has 23 heavy (non-hydrogen) atoms. The van der Waals surface area contributed by atoms with Gasteiger partial charge in [0.15, 0.2) is 0 Å². The van der Waals surface area contributed by atoms with Gasteiger partial charge in [-0.05, 0) is 42.7 Å². The predicted octanol–water partition coefficient (Wildman–Crippen LogP) is 3.39. The van der Waals surface area contributed by atoms with Gasteiger partial charge in [-0.25, -0.2) is 4.39 Å². The molecular weight excluding hydrogens is 297 g/mol. The Kier molecular flexibility index (Phi) is 5.08. The Morgan fingerprint density at radius 3 is 2.78 bits per heavy atom. The molecule has 1 fully saturated rings. The van der Waals surface area contributed by atoms with Crippen LogP contribution in [-0.2, 0) is 16.0 Å². The first-order valence-electron chi connectivity index (χ1n) is 7.91. The van der Waals surface area contributed by atoms with Crippen molar-refractivity contribution in [3.05, 3.63) is 59.8 Å². The van der Waals surface area contributed by atoms with Gasteiger partial charge in [0.05, 0.1) is 18.4 Å². The third-order valence-corrected chi connectivity index (χ3v) is 4.06. The summed E-state index contributed by atoms with van der Waals surface area (Å²) >= 11 is 0. The molecule has 0 saturated carbocycles. The molecule has 2 heterocycles. The molecule has 3 rings (SSSR count). The van der Waals surface area contributed by atoms with Crippen LogP contribution in [0.1, 0.15) is 36.6 Å². The zero-order valence-electron chi connectivity index (χ0n) is 12.8. The van der Waals surface area contributed by atoms with Gasteiger partial charge in [0, 0.05) is 19.4 Å². The highest BCUT2D eigenvalue weighted by molar-refractivity contribution is 5.76. The molecular formula is C18H20FNO3. The first kappa shape index (κ1) is 15.7. The third kappa shape index (κ3) is 4.20. The van der Waals surface area contributed by atoms with Crippen LogP contribution in [0.4, 0.5) is 4.39 Å². The molecule has 4 nitrogen and oxygen atoms in total. The predicted molar refractivity (Wildman–Crippen MR) is 83.3 cm³/mol.